The molecular formula is C19H23N5O3. The quantitative estimate of drug-likeness (QED) is 0.526. The summed E-state index contributed by atoms with van der Waals surface area (Å²) in [5.41, 5.74) is 12.4. The first-order chi connectivity index (χ1) is 12.8. The summed E-state index contributed by atoms with van der Waals surface area (Å²) in [6.45, 7) is 3.94. The van der Waals surface area contributed by atoms with E-state index < -0.39 is 11.8 Å². The van der Waals surface area contributed by atoms with Crippen molar-refractivity contribution in [3.8, 4) is 11.5 Å². The fourth-order valence-electron chi connectivity index (χ4n) is 2.41. The zero-order valence-corrected chi connectivity index (χ0v) is 15.3. The summed E-state index contributed by atoms with van der Waals surface area (Å²) in [4.78, 5) is 27.2. The maximum absolute atomic E-state index is 12.1. The van der Waals surface area contributed by atoms with Gasteiger partial charge in [-0.15, -0.1) is 0 Å². The standard InChI is InChI=1S/C19H23N5O3/c1-3-13(4-2)24-18(26)15(21)9-14(20)11-6-5-7-12(8-11)19-23-10-16(27-19)17(22)25/h5-10,13,21H,3-4,20H2,1-2H3,(H2,22,25)(H,24,26)/b14-9-,21-15?. The second-order valence-electron chi connectivity index (χ2n) is 5.97. The van der Waals surface area contributed by atoms with Crippen molar-refractivity contribution in [2.24, 2.45) is 11.5 Å². The molecule has 6 N–H and O–H groups in total. The van der Waals surface area contributed by atoms with Crippen LogP contribution in [0.15, 0.2) is 41.0 Å². The van der Waals surface area contributed by atoms with Crippen LogP contribution in [0.5, 0.6) is 0 Å². The van der Waals surface area contributed by atoms with Crippen molar-refractivity contribution in [1.82, 2.24) is 10.3 Å². The molecule has 8 nitrogen and oxygen atoms in total. The fourth-order valence-corrected chi connectivity index (χ4v) is 2.41. The van der Waals surface area contributed by atoms with Crippen LogP contribution in [0, 0.1) is 5.41 Å². The predicted molar refractivity (Wildman–Crippen MR) is 103 cm³/mol. The molecule has 0 aliphatic heterocycles. The number of primary amides is 1. The monoisotopic (exact) mass is 369 g/mol. The van der Waals surface area contributed by atoms with Crippen LogP contribution in [0.2, 0.25) is 0 Å². The molecule has 0 saturated heterocycles. The number of amides is 2. The van der Waals surface area contributed by atoms with Gasteiger partial charge < -0.3 is 21.2 Å². The average Bonchev–Trinajstić information content (AvgIpc) is 3.16. The van der Waals surface area contributed by atoms with Crippen molar-refractivity contribution in [2.75, 3.05) is 0 Å². The number of hydrogen-bond donors (Lipinski definition) is 4. The number of oxazole rings is 1. The zero-order valence-electron chi connectivity index (χ0n) is 15.3. The molecule has 1 aromatic heterocycles. The second kappa shape index (κ2) is 8.79. The molecule has 142 valence electrons. The summed E-state index contributed by atoms with van der Waals surface area (Å²) in [5, 5.41) is 10.7. The minimum absolute atomic E-state index is 0.0280. The van der Waals surface area contributed by atoms with Crippen LogP contribution in [0.3, 0.4) is 0 Å². The molecule has 1 heterocycles. The molecule has 2 rings (SSSR count). The number of benzene rings is 1. The molecule has 27 heavy (non-hydrogen) atoms. The van der Waals surface area contributed by atoms with Gasteiger partial charge in [0.1, 0.15) is 5.71 Å². The molecule has 0 saturated carbocycles. The number of nitrogens with zero attached hydrogens (tertiary/aromatic N) is 1. The summed E-state index contributed by atoms with van der Waals surface area (Å²) >= 11 is 0. The number of hydrogen-bond acceptors (Lipinski definition) is 6. The Hall–Kier alpha value is -3.42. The minimum atomic E-state index is -0.707. The number of nitrogens with two attached hydrogens (primary N) is 2. The van der Waals surface area contributed by atoms with Crippen molar-refractivity contribution in [2.45, 2.75) is 32.7 Å². The molecule has 1 aromatic carbocycles. The van der Waals surface area contributed by atoms with E-state index in [9.17, 15) is 9.59 Å². The summed E-state index contributed by atoms with van der Waals surface area (Å²) in [6.07, 6.45) is 4.14. The molecule has 0 aliphatic rings. The first-order valence-corrected chi connectivity index (χ1v) is 8.58. The first-order valence-electron chi connectivity index (χ1n) is 8.58. The molecule has 2 aromatic rings. The lowest BCUT2D eigenvalue weighted by molar-refractivity contribution is -0.115. The summed E-state index contributed by atoms with van der Waals surface area (Å²) < 4.78 is 5.30. The van der Waals surface area contributed by atoms with Gasteiger partial charge in [-0.05, 0) is 36.6 Å². The third kappa shape index (κ3) is 5.04. The van der Waals surface area contributed by atoms with Crippen molar-refractivity contribution in [3.05, 3.63) is 47.9 Å². The molecule has 0 spiro atoms. The average molecular weight is 369 g/mol. The van der Waals surface area contributed by atoms with Gasteiger partial charge in [0.25, 0.3) is 11.8 Å². The Morgan fingerprint density at radius 3 is 2.59 bits per heavy atom. The first kappa shape index (κ1) is 19.9. The van der Waals surface area contributed by atoms with Crippen LogP contribution >= 0.6 is 0 Å². The lowest BCUT2D eigenvalue weighted by Gasteiger charge is -2.14. The van der Waals surface area contributed by atoms with Crippen molar-refractivity contribution in [3.63, 3.8) is 0 Å². The SMILES string of the molecule is CCC(CC)NC(=O)C(=N)/C=C(\N)c1cccc(-c2ncc(C(N)=O)o2)c1. The summed E-state index contributed by atoms with van der Waals surface area (Å²) in [5.74, 6) is -0.999. The number of carbonyl (C=O) groups excluding carboxylic acids is 2. The topological polar surface area (TPSA) is 148 Å². The van der Waals surface area contributed by atoms with Crippen molar-refractivity contribution < 1.29 is 14.0 Å². The number of aromatic nitrogens is 1. The third-order valence-corrected chi connectivity index (χ3v) is 4.06. The largest absolute Gasteiger partial charge is 0.431 e. The van der Waals surface area contributed by atoms with E-state index in [4.69, 9.17) is 21.3 Å². The lowest BCUT2D eigenvalue weighted by Crippen LogP contribution is -2.37. The van der Waals surface area contributed by atoms with E-state index >= 15 is 0 Å². The smallest absolute Gasteiger partial charge is 0.286 e. The molecule has 0 aliphatic carbocycles. The maximum atomic E-state index is 12.1. The molecule has 0 fully saturated rings. The Morgan fingerprint density at radius 2 is 2.00 bits per heavy atom. The number of rotatable bonds is 8. The van der Waals surface area contributed by atoms with Gasteiger partial charge in [-0.3, -0.25) is 15.0 Å². The van der Waals surface area contributed by atoms with E-state index in [2.05, 4.69) is 10.3 Å². The zero-order chi connectivity index (χ0) is 20.0. The van der Waals surface area contributed by atoms with Gasteiger partial charge in [0.15, 0.2) is 0 Å². The highest BCUT2D eigenvalue weighted by Crippen LogP contribution is 2.22. The Labute approximate surface area is 157 Å². The Kier molecular flexibility index (Phi) is 6.48. The lowest BCUT2D eigenvalue weighted by atomic mass is 10.1. The highest BCUT2D eigenvalue weighted by Gasteiger charge is 2.14. The normalized spacial score (nSPS) is 11.4. The van der Waals surface area contributed by atoms with Crippen molar-refractivity contribution >= 4 is 23.2 Å². The highest BCUT2D eigenvalue weighted by atomic mass is 16.4. The summed E-state index contributed by atoms with van der Waals surface area (Å²) in [6, 6.07) is 6.92. The molecule has 0 atom stereocenters. The van der Waals surface area contributed by atoms with E-state index in [0.29, 0.717) is 11.1 Å². The van der Waals surface area contributed by atoms with Crippen LogP contribution in [0.25, 0.3) is 17.2 Å². The van der Waals surface area contributed by atoms with Crippen LogP contribution in [0.1, 0.15) is 42.8 Å². The predicted octanol–water partition coefficient (Wildman–Crippen LogP) is 2.06. The van der Waals surface area contributed by atoms with E-state index in [-0.39, 0.29) is 29.1 Å². The number of nitrogens with one attached hydrogen (secondary N) is 2. The van der Waals surface area contributed by atoms with Crippen LogP contribution in [-0.4, -0.2) is 28.6 Å². The molecular weight excluding hydrogens is 346 g/mol. The fraction of sp³-hybridized carbons (Fsp3) is 0.263. The second-order valence-corrected chi connectivity index (χ2v) is 5.97. The van der Waals surface area contributed by atoms with Gasteiger partial charge >= 0.3 is 0 Å². The van der Waals surface area contributed by atoms with E-state index in [0.717, 1.165) is 12.8 Å². The van der Waals surface area contributed by atoms with Crippen LogP contribution in [-0.2, 0) is 4.79 Å². The highest BCUT2D eigenvalue weighted by molar-refractivity contribution is 6.43. The molecule has 2 amide bonds. The Bertz CT molecular complexity index is 881. The van der Waals surface area contributed by atoms with Gasteiger partial charge in [-0.25, -0.2) is 4.98 Å². The van der Waals surface area contributed by atoms with E-state index in [1.165, 1.54) is 12.3 Å². The maximum Gasteiger partial charge on any atom is 0.286 e. The van der Waals surface area contributed by atoms with Crippen LogP contribution in [0.4, 0.5) is 0 Å². The Balaban J connectivity index is 2.19. The van der Waals surface area contributed by atoms with Gasteiger partial charge in [-0.2, -0.15) is 0 Å². The third-order valence-electron chi connectivity index (χ3n) is 4.06. The minimum Gasteiger partial charge on any atom is -0.431 e. The molecule has 0 radical (unpaired) electrons. The van der Waals surface area contributed by atoms with E-state index in [1.54, 1.807) is 24.3 Å². The van der Waals surface area contributed by atoms with Crippen molar-refractivity contribution in [1.29, 1.82) is 5.41 Å². The summed E-state index contributed by atoms with van der Waals surface area (Å²) in [7, 11) is 0. The van der Waals surface area contributed by atoms with Crippen LogP contribution < -0.4 is 16.8 Å². The Morgan fingerprint density at radius 1 is 1.30 bits per heavy atom. The van der Waals surface area contributed by atoms with Gasteiger partial charge in [0.2, 0.25) is 11.7 Å². The van der Waals surface area contributed by atoms with Gasteiger partial charge in [0.05, 0.1) is 6.20 Å². The van der Waals surface area contributed by atoms with Gasteiger partial charge in [-0.1, -0.05) is 26.0 Å². The molecule has 0 bridgehead atoms. The van der Waals surface area contributed by atoms with Gasteiger partial charge in [0, 0.05) is 17.3 Å². The molecule has 0 unspecified atom stereocenters. The number of carbonyl (C=O) groups is 2. The molecule has 8 heteroatoms. The van der Waals surface area contributed by atoms with E-state index in [1.807, 2.05) is 13.8 Å².